The molecule has 13 nitrogen and oxygen atoms in total. The van der Waals surface area contributed by atoms with Gasteiger partial charge in [0.1, 0.15) is 29.3 Å². The second-order valence-electron chi connectivity index (χ2n) is 9.30. The van der Waals surface area contributed by atoms with Gasteiger partial charge >= 0.3 is 18.2 Å². The molecule has 1 aromatic heterocycles. The number of carboxylic acids is 1. The predicted octanol–water partition coefficient (Wildman–Crippen LogP) is 2.51. The van der Waals surface area contributed by atoms with Crippen LogP contribution in [-0.4, -0.2) is 74.3 Å². The maximum absolute atomic E-state index is 13.2. The van der Waals surface area contributed by atoms with E-state index < -0.39 is 47.0 Å². The summed E-state index contributed by atoms with van der Waals surface area (Å²) in [5.74, 6) is -2.35. The Morgan fingerprint density at radius 2 is 2.03 bits per heavy atom. The number of ether oxygens (including phenoxy) is 2. The number of hydrogen-bond acceptors (Lipinski definition) is 10. The van der Waals surface area contributed by atoms with Crippen LogP contribution in [0.25, 0.3) is 5.57 Å². The van der Waals surface area contributed by atoms with Crippen LogP contribution >= 0.6 is 23.1 Å². The molecule has 1 fully saturated rings. The average Bonchev–Trinajstić information content (AvgIpc) is 3.26. The van der Waals surface area contributed by atoms with Crippen LogP contribution in [0, 0.1) is 0 Å². The predicted molar refractivity (Wildman–Crippen MR) is 140 cm³/mol. The number of carboxylic acid groups (broad SMARTS) is 1. The number of allylic oxidation sites excluding steroid dienone is 1. The largest absolute Gasteiger partial charge is 0.477 e. The number of hydrogen-bond donors (Lipinski definition) is 4. The van der Waals surface area contributed by atoms with Gasteiger partial charge in [0, 0.05) is 16.7 Å². The topological polar surface area (TPSA) is 190 Å². The molecule has 0 spiro atoms. The molecule has 0 saturated carbocycles. The van der Waals surface area contributed by atoms with Gasteiger partial charge in [-0.25, -0.2) is 19.4 Å². The molecule has 206 valence electrons. The van der Waals surface area contributed by atoms with Crippen molar-refractivity contribution in [3.8, 4) is 0 Å². The molecule has 3 heterocycles. The molecule has 1 aromatic rings. The normalized spacial score (nSPS) is 19.3. The van der Waals surface area contributed by atoms with Crippen molar-refractivity contribution in [3.05, 3.63) is 28.4 Å². The van der Waals surface area contributed by atoms with Gasteiger partial charge in [0.2, 0.25) is 0 Å². The lowest BCUT2D eigenvalue weighted by Gasteiger charge is -2.49. The van der Waals surface area contributed by atoms with E-state index in [1.54, 1.807) is 32.2 Å². The van der Waals surface area contributed by atoms with Crippen molar-refractivity contribution in [2.24, 2.45) is 5.73 Å². The molecule has 0 aliphatic carbocycles. The standard InChI is InChI=1S/C23H29N5O8S2/c1-5-6-7-12(13-10-38-21(25-13)27-22(34)36-23(2,3)4)16(29)26-14-17(30)28-15(19(31)32)11(8-35-20(24)33)9-37-18(14)28/h7,10,14,18H,5-6,8-9H2,1-4H3,(H2,24,33)(H,26,29)(H,31,32)(H,25,27,34)/b12-7-/t14-,18-/m1/s1. The van der Waals surface area contributed by atoms with Crippen LogP contribution in [0.1, 0.15) is 46.2 Å². The zero-order valence-corrected chi connectivity index (χ0v) is 22.9. The van der Waals surface area contributed by atoms with E-state index >= 15 is 0 Å². The zero-order chi connectivity index (χ0) is 28.2. The number of primary amides is 1. The molecule has 0 aromatic carbocycles. The molecule has 2 aliphatic heterocycles. The first-order valence-corrected chi connectivity index (χ1v) is 13.5. The number of aliphatic carboxylic acids is 1. The number of thiazole rings is 1. The van der Waals surface area contributed by atoms with Gasteiger partial charge in [0.05, 0.1) is 11.3 Å². The highest BCUT2D eigenvalue weighted by Gasteiger charge is 2.54. The third-order valence-electron chi connectivity index (χ3n) is 5.19. The molecular formula is C23H29N5O8S2. The number of amides is 4. The van der Waals surface area contributed by atoms with Gasteiger partial charge in [-0.1, -0.05) is 19.4 Å². The van der Waals surface area contributed by atoms with Gasteiger partial charge in [0.15, 0.2) is 5.13 Å². The smallest absolute Gasteiger partial charge is 0.413 e. The van der Waals surface area contributed by atoms with E-state index in [9.17, 15) is 29.1 Å². The molecule has 15 heteroatoms. The average molecular weight is 568 g/mol. The number of nitrogens with two attached hydrogens (primary N) is 1. The number of nitrogens with zero attached hydrogens (tertiary/aromatic N) is 2. The first-order chi connectivity index (χ1) is 17.8. The Labute approximate surface area is 226 Å². The van der Waals surface area contributed by atoms with Crippen LogP contribution in [0.2, 0.25) is 0 Å². The quantitative estimate of drug-likeness (QED) is 0.255. The Morgan fingerprint density at radius 3 is 2.63 bits per heavy atom. The van der Waals surface area contributed by atoms with E-state index in [0.29, 0.717) is 12.1 Å². The van der Waals surface area contributed by atoms with Crippen LogP contribution in [0.15, 0.2) is 22.7 Å². The minimum absolute atomic E-state index is 0.167. The molecule has 38 heavy (non-hydrogen) atoms. The van der Waals surface area contributed by atoms with Gasteiger partial charge in [0.25, 0.3) is 11.8 Å². The van der Waals surface area contributed by atoms with Crippen molar-refractivity contribution in [3.63, 3.8) is 0 Å². The number of unbranched alkanes of at least 4 members (excludes halogenated alkanes) is 1. The molecule has 5 N–H and O–H groups in total. The lowest BCUT2D eigenvalue weighted by Crippen LogP contribution is -2.70. The van der Waals surface area contributed by atoms with E-state index in [2.05, 4.69) is 15.6 Å². The number of anilines is 1. The summed E-state index contributed by atoms with van der Waals surface area (Å²) in [5.41, 5.74) is 4.75. The summed E-state index contributed by atoms with van der Waals surface area (Å²) in [5, 5.41) is 16.1. The summed E-state index contributed by atoms with van der Waals surface area (Å²) >= 11 is 2.34. The summed E-state index contributed by atoms with van der Waals surface area (Å²) in [4.78, 5) is 66.4. The molecule has 1 saturated heterocycles. The molecule has 0 radical (unpaired) electrons. The summed E-state index contributed by atoms with van der Waals surface area (Å²) in [7, 11) is 0. The minimum Gasteiger partial charge on any atom is -0.477 e. The van der Waals surface area contributed by atoms with E-state index in [1.165, 1.54) is 11.8 Å². The van der Waals surface area contributed by atoms with Crippen molar-refractivity contribution in [1.29, 1.82) is 0 Å². The Bertz CT molecular complexity index is 1200. The van der Waals surface area contributed by atoms with E-state index in [1.807, 2.05) is 6.92 Å². The number of aromatic nitrogens is 1. The highest BCUT2D eigenvalue weighted by atomic mass is 32.2. The molecule has 0 bridgehead atoms. The van der Waals surface area contributed by atoms with Gasteiger partial charge in [-0.05, 0) is 27.2 Å². The van der Waals surface area contributed by atoms with Crippen molar-refractivity contribution in [2.75, 3.05) is 17.7 Å². The number of carbonyl (C=O) groups is 5. The Morgan fingerprint density at radius 1 is 1.32 bits per heavy atom. The molecule has 2 aliphatic rings. The van der Waals surface area contributed by atoms with Gasteiger partial charge in [-0.3, -0.25) is 19.8 Å². The molecule has 4 amide bonds. The van der Waals surface area contributed by atoms with Gasteiger partial charge in [-0.2, -0.15) is 0 Å². The summed E-state index contributed by atoms with van der Waals surface area (Å²) < 4.78 is 9.94. The van der Waals surface area contributed by atoms with Gasteiger partial charge in [-0.15, -0.1) is 23.1 Å². The van der Waals surface area contributed by atoms with Crippen molar-refractivity contribution in [1.82, 2.24) is 15.2 Å². The third-order valence-corrected chi connectivity index (χ3v) is 7.29. The van der Waals surface area contributed by atoms with Crippen molar-refractivity contribution in [2.45, 2.75) is 57.6 Å². The number of thioether (sulfide) groups is 1. The van der Waals surface area contributed by atoms with Crippen LogP contribution in [0.4, 0.5) is 14.7 Å². The van der Waals surface area contributed by atoms with Crippen LogP contribution in [-0.2, 0) is 23.9 Å². The molecule has 0 unspecified atom stereocenters. The highest BCUT2D eigenvalue weighted by Crippen LogP contribution is 2.40. The molecule has 3 rings (SSSR count). The van der Waals surface area contributed by atoms with Crippen LogP contribution < -0.4 is 16.4 Å². The van der Waals surface area contributed by atoms with Gasteiger partial charge < -0.3 is 25.6 Å². The summed E-state index contributed by atoms with van der Waals surface area (Å²) in [6.07, 6.45) is 1.26. The molecule has 2 atom stereocenters. The lowest BCUT2D eigenvalue weighted by atomic mass is 10.0. The lowest BCUT2D eigenvalue weighted by molar-refractivity contribution is -0.150. The van der Waals surface area contributed by atoms with Crippen LogP contribution in [0.5, 0.6) is 0 Å². The third kappa shape index (κ3) is 6.83. The second-order valence-corrected chi connectivity index (χ2v) is 11.3. The monoisotopic (exact) mass is 567 g/mol. The Balaban J connectivity index is 1.74. The Hall–Kier alpha value is -3.59. The maximum atomic E-state index is 13.2. The number of rotatable bonds is 9. The SMILES string of the molecule is CCC/C=C(\C(=O)N[C@@H]1C(=O)N2C(C(=O)O)=C(COC(N)=O)CS[C@H]12)c1csc(NC(=O)OC(C)(C)C)n1. The summed E-state index contributed by atoms with van der Waals surface area (Å²) in [6.45, 7) is 6.77. The van der Waals surface area contributed by atoms with Crippen molar-refractivity contribution < 1.29 is 38.6 Å². The maximum Gasteiger partial charge on any atom is 0.413 e. The second kappa shape index (κ2) is 11.9. The van der Waals surface area contributed by atoms with Crippen molar-refractivity contribution >= 4 is 63.8 Å². The fourth-order valence-corrected chi connectivity index (χ4v) is 5.64. The number of carbonyl (C=O) groups excluding carboxylic acids is 4. The van der Waals surface area contributed by atoms with E-state index in [-0.39, 0.29) is 34.3 Å². The summed E-state index contributed by atoms with van der Waals surface area (Å²) in [6, 6.07) is -0.969. The van der Waals surface area contributed by atoms with E-state index in [0.717, 1.165) is 22.7 Å². The fraction of sp³-hybridized carbons (Fsp3) is 0.478. The fourth-order valence-electron chi connectivity index (χ4n) is 3.62. The Kier molecular flexibility index (Phi) is 9.04. The first-order valence-electron chi connectivity index (χ1n) is 11.6. The number of β-lactam (4-membered cyclic amide) rings is 1. The number of fused-ring (bicyclic) bond motifs is 1. The highest BCUT2D eigenvalue weighted by molar-refractivity contribution is 8.00. The number of nitrogens with one attached hydrogen (secondary N) is 2. The van der Waals surface area contributed by atoms with E-state index in [4.69, 9.17) is 15.2 Å². The zero-order valence-electron chi connectivity index (χ0n) is 21.2. The van der Waals surface area contributed by atoms with Crippen LogP contribution in [0.3, 0.4) is 0 Å². The first kappa shape index (κ1) is 29.0. The molecular weight excluding hydrogens is 538 g/mol. The minimum atomic E-state index is -1.35.